The second kappa shape index (κ2) is 7.66. The molecular formula is C16H23ClN2O2. The summed E-state index contributed by atoms with van der Waals surface area (Å²) in [5.74, 6) is 1.23. The highest BCUT2D eigenvalue weighted by molar-refractivity contribution is 6.30. The standard InChI is InChI=1S/C16H23ClN2O2/c1-11(2)8-18-9-12-7-13(17)3-6-15(12)21-10-16(20)19-14-4-5-14/h3,6-7,11,14,18H,4-5,8-10H2,1-2H3,(H,19,20). The molecule has 1 aliphatic carbocycles. The number of benzene rings is 1. The summed E-state index contributed by atoms with van der Waals surface area (Å²) in [6.07, 6.45) is 2.16. The van der Waals surface area contributed by atoms with Gasteiger partial charge >= 0.3 is 0 Å². The first-order chi connectivity index (χ1) is 10.0. The molecule has 1 aliphatic rings. The lowest BCUT2D eigenvalue weighted by Crippen LogP contribution is -2.30. The van der Waals surface area contributed by atoms with Gasteiger partial charge in [0.05, 0.1) is 0 Å². The van der Waals surface area contributed by atoms with Crippen molar-refractivity contribution in [2.45, 2.75) is 39.3 Å². The maximum atomic E-state index is 11.7. The Hall–Kier alpha value is -1.26. The van der Waals surface area contributed by atoms with E-state index >= 15 is 0 Å². The predicted octanol–water partition coefficient (Wildman–Crippen LogP) is 2.74. The van der Waals surface area contributed by atoms with Crippen LogP contribution < -0.4 is 15.4 Å². The second-order valence-electron chi connectivity index (χ2n) is 5.91. The highest BCUT2D eigenvalue weighted by Gasteiger charge is 2.23. The second-order valence-corrected chi connectivity index (χ2v) is 6.34. The van der Waals surface area contributed by atoms with Gasteiger partial charge in [-0.15, -0.1) is 0 Å². The molecule has 0 aromatic heterocycles. The molecule has 5 heteroatoms. The number of carbonyl (C=O) groups is 1. The molecule has 0 bridgehead atoms. The van der Waals surface area contributed by atoms with E-state index in [9.17, 15) is 4.79 Å². The summed E-state index contributed by atoms with van der Waals surface area (Å²) in [4.78, 5) is 11.7. The van der Waals surface area contributed by atoms with E-state index < -0.39 is 0 Å². The molecule has 0 saturated heterocycles. The molecule has 2 N–H and O–H groups in total. The van der Waals surface area contributed by atoms with Crippen LogP contribution in [0.2, 0.25) is 5.02 Å². The Balaban J connectivity index is 1.88. The van der Waals surface area contributed by atoms with Crippen molar-refractivity contribution in [2.24, 2.45) is 5.92 Å². The van der Waals surface area contributed by atoms with Crippen LogP contribution >= 0.6 is 11.6 Å². The Morgan fingerprint density at radius 2 is 2.19 bits per heavy atom. The Morgan fingerprint density at radius 3 is 2.86 bits per heavy atom. The number of ether oxygens (including phenoxy) is 1. The van der Waals surface area contributed by atoms with Gasteiger partial charge in [-0.2, -0.15) is 0 Å². The van der Waals surface area contributed by atoms with Crippen LogP contribution in [0.4, 0.5) is 0 Å². The minimum Gasteiger partial charge on any atom is -0.483 e. The SMILES string of the molecule is CC(C)CNCc1cc(Cl)ccc1OCC(=O)NC1CC1. The van der Waals surface area contributed by atoms with E-state index in [1.54, 1.807) is 6.07 Å². The molecular weight excluding hydrogens is 288 g/mol. The summed E-state index contributed by atoms with van der Waals surface area (Å²) in [6.45, 7) is 5.97. The van der Waals surface area contributed by atoms with Gasteiger partial charge in [-0.1, -0.05) is 25.4 Å². The van der Waals surface area contributed by atoms with Crippen molar-refractivity contribution in [1.29, 1.82) is 0 Å². The first-order valence-electron chi connectivity index (χ1n) is 7.46. The van der Waals surface area contributed by atoms with Gasteiger partial charge in [-0.05, 0) is 43.5 Å². The van der Waals surface area contributed by atoms with Crippen LogP contribution in [0.1, 0.15) is 32.3 Å². The van der Waals surface area contributed by atoms with E-state index in [1.807, 2.05) is 12.1 Å². The van der Waals surface area contributed by atoms with Crippen LogP contribution in [-0.2, 0) is 11.3 Å². The first-order valence-corrected chi connectivity index (χ1v) is 7.83. The van der Waals surface area contributed by atoms with Crippen molar-refractivity contribution in [3.63, 3.8) is 0 Å². The molecule has 21 heavy (non-hydrogen) atoms. The zero-order chi connectivity index (χ0) is 15.2. The normalized spacial score (nSPS) is 14.3. The number of carbonyl (C=O) groups excluding carboxylic acids is 1. The summed E-state index contributed by atoms with van der Waals surface area (Å²) in [6, 6.07) is 5.84. The van der Waals surface area contributed by atoms with Crippen molar-refractivity contribution < 1.29 is 9.53 Å². The van der Waals surface area contributed by atoms with Gasteiger partial charge in [0.15, 0.2) is 6.61 Å². The zero-order valence-corrected chi connectivity index (χ0v) is 13.4. The number of rotatable bonds is 8. The quantitative estimate of drug-likeness (QED) is 0.776. The molecule has 0 spiro atoms. The van der Waals surface area contributed by atoms with Crippen molar-refractivity contribution in [3.05, 3.63) is 28.8 Å². The fourth-order valence-corrected chi connectivity index (χ4v) is 2.16. The minimum absolute atomic E-state index is 0.0509. The van der Waals surface area contributed by atoms with E-state index in [1.165, 1.54) is 0 Å². The van der Waals surface area contributed by atoms with Gasteiger partial charge in [0.2, 0.25) is 0 Å². The summed E-state index contributed by atoms with van der Waals surface area (Å²) >= 11 is 6.04. The Bertz CT molecular complexity index is 487. The molecule has 0 heterocycles. The Morgan fingerprint density at radius 1 is 1.43 bits per heavy atom. The van der Waals surface area contributed by atoms with Crippen molar-refractivity contribution in [3.8, 4) is 5.75 Å². The van der Waals surface area contributed by atoms with Gasteiger partial charge in [-0.3, -0.25) is 4.79 Å². The molecule has 0 unspecified atom stereocenters. The van der Waals surface area contributed by atoms with Crippen LogP contribution in [0.15, 0.2) is 18.2 Å². The Kier molecular flexibility index (Phi) is 5.88. The molecule has 1 saturated carbocycles. The molecule has 1 amide bonds. The molecule has 1 aromatic rings. The van der Waals surface area contributed by atoms with Crippen molar-refractivity contribution in [1.82, 2.24) is 10.6 Å². The summed E-state index contributed by atoms with van der Waals surface area (Å²) in [7, 11) is 0. The summed E-state index contributed by atoms with van der Waals surface area (Å²) in [5, 5.41) is 6.94. The Labute approximate surface area is 131 Å². The van der Waals surface area contributed by atoms with Gasteiger partial charge in [0.1, 0.15) is 5.75 Å². The number of amides is 1. The fraction of sp³-hybridized carbons (Fsp3) is 0.562. The lowest BCUT2D eigenvalue weighted by Gasteiger charge is -2.13. The summed E-state index contributed by atoms with van der Waals surface area (Å²) in [5.41, 5.74) is 0.974. The zero-order valence-electron chi connectivity index (χ0n) is 12.6. The molecule has 1 aromatic carbocycles. The number of hydrogen-bond acceptors (Lipinski definition) is 3. The highest BCUT2D eigenvalue weighted by atomic mass is 35.5. The highest BCUT2D eigenvalue weighted by Crippen LogP contribution is 2.23. The lowest BCUT2D eigenvalue weighted by molar-refractivity contribution is -0.123. The molecule has 0 radical (unpaired) electrons. The van der Waals surface area contributed by atoms with E-state index in [2.05, 4.69) is 24.5 Å². The van der Waals surface area contributed by atoms with Gasteiger partial charge in [0.25, 0.3) is 5.91 Å². The molecule has 116 valence electrons. The van der Waals surface area contributed by atoms with Crippen LogP contribution in [0.3, 0.4) is 0 Å². The van der Waals surface area contributed by atoms with E-state index in [0.29, 0.717) is 29.3 Å². The third-order valence-electron chi connectivity index (χ3n) is 3.19. The predicted molar refractivity (Wildman–Crippen MR) is 84.7 cm³/mol. The van der Waals surface area contributed by atoms with Crippen LogP contribution in [0.25, 0.3) is 0 Å². The third-order valence-corrected chi connectivity index (χ3v) is 3.43. The molecule has 0 atom stereocenters. The van der Waals surface area contributed by atoms with E-state index in [0.717, 1.165) is 24.9 Å². The van der Waals surface area contributed by atoms with Crippen LogP contribution in [0.5, 0.6) is 5.75 Å². The molecule has 1 fully saturated rings. The average molecular weight is 311 g/mol. The minimum atomic E-state index is -0.0615. The van der Waals surface area contributed by atoms with Gasteiger partial charge in [0, 0.05) is 23.2 Å². The average Bonchev–Trinajstić information content (AvgIpc) is 3.21. The van der Waals surface area contributed by atoms with Crippen molar-refractivity contribution in [2.75, 3.05) is 13.2 Å². The molecule has 4 nitrogen and oxygen atoms in total. The number of halogens is 1. The van der Waals surface area contributed by atoms with Gasteiger partial charge in [-0.25, -0.2) is 0 Å². The summed E-state index contributed by atoms with van der Waals surface area (Å²) < 4.78 is 5.63. The molecule has 2 rings (SSSR count). The maximum absolute atomic E-state index is 11.7. The number of hydrogen-bond donors (Lipinski definition) is 2. The van der Waals surface area contributed by atoms with Gasteiger partial charge < -0.3 is 15.4 Å². The van der Waals surface area contributed by atoms with E-state index in [-0.39, 0.29) is 12.5 Å². The monoisotopic (exact) mass is 310 g/mol. The van der Waals surface area contributed by atoms with Crippen LogP contribution in [-0.4, -0.2) is 25.1 Å². The smallest absolute Gasteiger partial charge is 0.258 e. The lowest BCUT2D eigenvalue weighted by atomic mass is 10.2. The topological polar surface area (TPSA) is 50.4 Å². The van der Waals surface area contributed by atoms with Crippen molar-refractivity contribution >= 4 is 17.5 Å². The molecule has 0 aliphatic heterocycles. The van der Waals surface area contributed by atoms with Crippen LogP contribution in [0, 0.1) is 5.92 Å². The number of nitrogens with one attached hydrogen (secondary N) is 2. The first kappa shape index (κ1) is 16.1. The van der Waals surface area contributed by atoms with E-state index in [4.69, 9.17) is 16.3 Å². The fourth-order valence-electron chi connectivity index (χ4n) is 1.96. The largest absolute Gasteiger partial charge is 0.483 e. The maximum Gasteiger partial charge on any atom is 0.258 e. The third kappa shape index (κ3) is 5.94.